The van der Waals surface area contributed by atoms with E-state index in [2.05, 4.69) is 14.9 Å². The second-order valence-corrected chi connectivity index (χ2v) is 6.85. The van der Waals surface area contributed by atoms with Crippen molar-refractivity contribution in [2.45, 2.75) is 38.3 Å². The highest BCUT2D eigenvalue weighted by molar-refractivity contribution is 5.89. The van der Waals surface area contributed by atoms with E-state index in [1.807, 2.05) is 6.07 Å². The highest BCUT2D eigenvalue weighted by Gasteiger charge is 2.25. The average molecular weight is 344 g/mol. The van der Waals surface area contributed by atoms with Crippen molar-refractivity contribution in [3.05, 3.63) is 23.7 Å². The van der Waals surface area contributed by atoms with Gasteiger partial charge in [0.1, 0.15) is 11.3 Å². The summed E-state index contributed by atoms with van der Waals surface area (Å²) in [6, 6.07) is 3.54. The number of nitrogens with zero attached hydrogens (tertiary/aromatic N) is 3. The summed E-state index contributed by atoms with van der Waals surface area (Å²) in [7, 11) is 1.37. The minimum atomic E-state index is -0.422. The number of pyridine rings is 1. The number of carbonyl (C=O) groups is 1. The lowest BCUT2D eigenvalue weighted by Gasteiger charge is -2.28. The molecule has 0 amide bonds. The van der Waals surface area contributed by atoms with Crippen molar-refractivity contribution in [3.63, 3.8) is 0 Å². The van der Waals surface area contributed by atoms with Crippen molar-refractivity contribution in [2.24, 2.45) is 5.92 Å². The van der Waals surface area contributed by atoms with Gasteiger partial charge in [-0.05, 0) is 50.4 Å². The molecule has 0 radical (unpaired) electrons. The van der Waals surface area contributed by atoms with Crippen molar-refractivity contribution in [3.8, 4) is 0 Å². The summed E-state index contributed by atoms with van der Waals surface area (Å²) in [6.45, 7) is 3.71. The molecule has 7 heteroatoms. The lowest BCUT2D eigenvalue weighted by atomic mass is 9.94. The maximum Gasteiger partial charge on any atom is 0.356 e. The molecular weight excluding hydrogens is 320 g/mol. The summed E-state index contributed by atoms with van der Waals surface area (Å²) in [5.74, 6) is 1.26. The van der Waals surface area contributed by atoms with Crippen LogP contribution in [0.25, 0.3) is 11.2 Å². The molecule has 0 aromatic carbocycles. The highest BCUT2D eigenvalue weighted by atomic mass is 16.5. The summed E-state index contributed by atoms with van der Waals surface area (Å²) in [5, 5.41) is 3.41. The van der Waals surface area contributed by atoms with Crippen LogP contribution < -0.4 is 5.32 Å². The van der Waals surface area contributed by atoms with Crippen LogP contribution >= 0.6 is 0 Å². The van der Waals surface area contributed by atoms with Crippen LogP contribution in [0.5, 0.6) is 0 Å². The van der Waals surface area contributed by atoms with Gasteiger partial charge in [0.25, 0.3) is 0 Å². The molecule has 1 unspecified atom stereocenters. The number of methoxy groups -OCH3 is 1. The van der Waals surface area contributed by atoms with Gasteiger partial charge in [0.15, 0.2) is 11.3 Å². The number of nitrogens with one attached hydrogen (secondary N) is 1. The first kappa shape index (κ1) is 16.5. The smallest absolute Gasteiger partial charge is 0.356 e. The SMILES string of the molecule is COC(=O)c1ccc2nc(CC3CCNCC3)n(CC3CCO3)c2n1. The lowest BCUT2D eigenvalue weighted by Crippen LogP contribution is -2.33. The molecule has 4 rings (SSSR count). The van der Waals surface area contributed by atoms with E-state index in [1.54, 1.807) is 6.07 Å². The summed E-state index contributed by atoms with van der Waals surface area (Å²) < 4.78 is 12.6. The van der Waals surface area contributed by atoms with Crippen molar-refractivity contribution in [2.75, 3.05) is 26.8 Å². The third-order valence-corrected chi connectivity index (χ3v) is 5.18. The zero-order valence-corrected chi connectivity index (χ0v) is 14.5. The van der Waals surface area contributed by atoms with E-state index in [0.717, 1.165) is 56.1 Å². The number of carbonyl (C=O) groups excluding carboxylic acids is 1. The van der Waals surface area contributed by atoms with Crippen molar-refractivity contribution in [1.82, 2.24) is 19.9 Å². The fourth-order valence-corrected chi connectivity index (χ4v) is 3.59. The fourth-order valence-electron chi connectivity index (χ4n) is 3.59. The number of ether oxygens (including phenoxy) is 2. The van der Waals surface area contributed by atoms with Gasteiger partial charge in [-0.15, -0.1) is 0 Å². The Balaban J connectivity index is 1.69. The van der Waals surface area contributed by atoms with E-state index in [0.29, 0.717) is 11.6 Å². The molecule has 0 spiro atoms. The highest BCUT2D eigenvalue weighted by Crippen LogP contribution is 2.24. The molecule has 2 aromatic heterocycles. The van der Waals surface area contributed by atoms with Gasteiger partial charge in [-0.1, -0.05) is 0 Å². The van der Waals surface area contributed by atoms with Gasteiger partial charge in [0, 0.05) is 13.0 Å². The Labute approximate surface area is 146 Å². The van der Waals surface area contributed by atoms with Crippen molar-refractivity contribution >= 4 is 17.1 Å². The number of rotatable bonds is 5. The molecule has 1 N–H and O–H groups in total. The first-order chi connectivity index (χ1) is 12.2. The van der Waals surface area contributed by atoms with E-state index >= 15 is 0 Å². The zero-order chi connectivity index (χ0) is 17.2. The van der Waals surface area contributed by atoms with Gasteiger partial charge in [0.2, 0.25) is 0 Å². The summed E-state index contributed by atoms with van der Waals surface area (Å²) in [4.78, 5) is 21.2. The predicted molar refractivity (Wildman–Crippen MR) is 92.5 cm³/mol. The Morgan fingerprint density at radius 1 is 1.32 bits per heavy atom. The van der Waals surface area contributed by atoms with Crippen LogP contribution in [0, 0.1) is 5.92 Å². The van der Waals surface area contributed by atoms with Gasteiger partial charge in [-0.25, -0.2) is 14.8 Å². The van der Waals surface area contributed by atoms with E-state index in [9.17, 15) is 4.79 Å². The molecule has 7 nitrogen and oxygen atoms in total. The lowest BCUT2D eigenvalue weighted by molar-refractivity contribution is -0.0591. The second kappa shape index (κ2) is 7.09. The van der Waals surface area contributed by atoms with E-state index < -0.39 is 5.97 Å². The minimum absolute atomic E-state index is 0.216. The summed E-state index contributed by atoms with van der Waals surface area (Å²) in [6.07, 6.45) is 4.56. The average Bonchev–Trinajstić information content (AvgIpc) is 2.94. The molecule has 25 heavy (non-hydrogen) atoms. The topological polar surface area (TPSA) is 78.3 Å². The van der Waals surface area contributed by atoms with Crippen LogP contribution in [0.15, 0.2) is 12.1 Å². The van der Waals surface area contributed by atoms with E-state index in [-0.39, 0.29) is 6.10 Å². The number of aromatic nitrogens is 3. The number of fused-ring (bicyclic) bond motifs is 1. The molecule has 0 saturated carbocycles. The predicted octanol–water partition coefficient (Wildman–Crippen LogP) is 1.55. The van der Waals surface area contributed by atoms with Gasteiger partial charge in [-0.3, -0.25) is 0 Å². The van der Waals surface area contributed by atoms with Gasteiger partial charge in [-0.2, -0.15) is 0 Å². The largest absolute Gasteiger partial charge is 0.464 e. The minimum Gasteiger partial charge on any atom is -0.464 e. The van der Waals surface area contributed by atoms with Crippen molar-refractivity contribution in [1.29, 1.82) is 0 Å². The van der Waals surface area contributed by atoms with Gasteiger partial charge >= 0.3 is 5.97 Å². The Kier molecular flexibility index (Phi) is 4.67. The number of imidazole rings is 1. The molecule has 2 fully saturated rings. The molecule has 0 aliphatic carbocycles. The number of piperidine rings is 1. The number of hydrogen-bond donors (Lipinski definition) is 1. The Morgan fingerprint density at radius 3 is 2.80 bits per heavy atom. The molecule has 2 aliphatic heterocycles. The Morgan fingerprint density at radius 2 is 2.12 bits per heavy atom. The third-order valence-electron chi connectivity index (χ3n) is 5.18. The summed E-state index contributed by atoms with van der Waals surface area (Å²) in [5.41, 5.74) is 1.90. The molecule has 1 atom stereocenters. The fraction of sp³-hybridized carbons (Fsp3) is 0.611. The molecule has 2 aromatic rings. The first-order valence-electron chi connectivity index (χ1n) is 9.01. The number of hydrogen-bond acceptors (Lipinski definition) is 6. The Bertz CT molecular complexity index is 763. The van der Waals surface area contributed by atoms with Gasteiger partial charge < -0.3 is 19.4 Å². The normalized spacial score (nSPS) is 21.2. The maximum absolute atomic E-state index is 11.8. The molecule has 0 bridgehead atoms. The van der Waals surface area contributed by atoms with Crippen molar-refractivity contribution < 1.29 is 14.3 Å². The van der Waals surface area contributed by atoms with Crippen LogP contribution in [-0.4, -0.2) is 53.4 Å². The zero-order valence-electron chi connectivity index (χ0n) is 14.5. The van der Waals surface area contributed by atoms with E-state index in [4.69, 9.17) is 14.5 Å². The van der Waals surface area contributed by atoms with Crippen LogP contribution in [0.1, 0.15) is 35.6 Å². The van der Waals surface area contributed by atoms with E-state index in [1.165, 1.54) is 20.0 Å². The molecule has 2 aliphatic rings. The first-order valence-corrected chi connectivity index (χ1v) is 9.01. The molecular formula is C18H24N4O3. The van der Waals surface area contributed by atoms with Crippen LogP contribution in [-0.2, 0) is 22.4 Å². The third kappa shape index (κ3) is 3.39. The van der Waals surface area contributed by atoms with Crippen LogP contribution in [0.4, 0.5) is 0 Å². The number of esters is 1. The summed E-state index contributed by atoms with van der Waals surface area (Å²) >= 11 is 0. The molecule has 2 saturated heterocycles. The van der Waals surface area contributed by atoms with Gasteiger partial charge in [0.05, 0.1) is 19.8 Å². The Hall–Kier alpha value is -1.99. The monoisotopic (exact) mass is 344 g/mol. The maximum atomic E-state index is 11.8. The quantitative estimate of drug-likeness (QED) is 0.829. The molecule has 134 valence electrons. The standard InChI is InChI=1S/C18H24N4O3/c1-24-18(23)15-3-2-14-17(21-15)22(11-13-6-9-25-13)16(20-14)10-12-4-7-19-8-5-12/h2-3,12-13,19H,4-11H2,1H3. The second-order valence-electron chi connectivity index (χ2n) is 6.85. The van der Waals surface area contributed by atoms with Crippen LogP contribution in [0.3, 0.4) is 0 Å². The van der Waals surface area contributed by atoms with Crippen LogP contribution in [0.2, 0.25) is 0 Å². The molecule has 4 heterocycles.